The molecule has 0 N–H and O–H groups in total. The van der Waals surface area contributed by atoms with E-state index in [9.17, 15) is 0 Å². The van der Waals surface area contributed by atoms with Crippen LogP contribution in [0.3, 0.4) is 0 Å². The molecule has 0 radical (unpaired) electrons. The molecule has 0 fully saturated rings. The molecule has 7 aromatic rings. The molecule has 2 aliphatic heterocycles. The number of fused-ring (bicyclic) bond motifs is 2. The first-order chi connectivity index (χ1) is 18.4. The maximum Gasteiger partial charge on any atom is 0.374 e. The van der Waals surface area contributed by atoms with Crippen LogP contribution in [0.2, 0.25) is 0 Å². The van der Waals surface area contributed by atoms with Crippen LogP contribution in [0.15, 0.2) is 108 Å². The minimum atomic E-state index is -0.592. The van der Waals surface area contributed by atoms with Gasteiger partial charge in [-0.1, -0.05) is 41.7 Å². The molecule has 0 saturated heterocycles. The normalized spacial score (nSPS) is 18.0. The molecule has 10 rings (SSSR count). The van der Waals surface area contributed by atoms with Gasteiger partial charge in [-0.05, 0) is 54.6 Å². The van der Waals surface area contributed by atoms with Gasteiger partial charge in [0.1, 0.15) is 11.3 Å². The summed E-state index contributed by atoms with van der Waals surface area (Å²) in [6.45, 7) is 0. The van der Waals surface area contributed by atoms with Crippen molar-refractivity contribution in [3.63, 3.8) is 0 Å². The fraction of sp³-hybridized carbons (Fsp3) is 0.0312. The van der Waals surface area contributed by atoms with Gasteiger partial charge in [-0.25, -0.2) is 0 Å². The number of anilines is 3. The van der Waals surface area contributed by atoms with Crippen LogP contribution in [0.5, 0.6) is 11.6 Å². The Hall–Kier alpha value is -4.61. The average Bonchev–Trinajstić information content (AvgIpc) is 3.50. The molecule has 4 aromatic carbocycles. The Labute approximate surface area is 215 Å². The second-order valence-corrected chi connectivity index (χ2v) is 10.9. The maximum atomic E-state index is 6.62. The molecule has 0 bridgehead atoms. The molecule has 3 aromatic heterocycles. The highest BCUT2D eigenvalue weighted by molar-refractivity contribution is 7.25. The van der Waals surface area contributed by atoms with Crippen molar-refractivity contribution in [2.45, 2.75) is 5.54 Å². The molecular weight excluding hydrogens is 476 g/mol. The summed E-state index contributed by atoms with van der Waals surface area (Å²) >= 11 is 1.73. The fourth-order valence-electron chi connectivity index (χ4n) is 7.08. The zero-order chi connectivity index (χ0) is 23.9. The summed E-state index contributed by atoms with van der Waals surface area (Å²) in [6, 6.07) is 34.4. The first-order valence-electron chi connectivity index (χ1n) is 12.4. The number of aromatic nitrogens is 1. The number of hydrogen-bond acceptors (Lipinski definition) is 4. The van der Waals surface area contributed by atoms with E-state index in [1.54, 1.807) is 11.3 Å². The maximum absolute atomic E-state index is 6.62. The van der Waals surface area contributed by atoms with Crippen LogP contribution >= 0.6 is 11.3 Å². The van der Waals surface area contributed by atoms with Gasteiger partial charge in [0.25, 0.3) is 5.54 Å². The second kappa shape index (κ2) is 6.02. The van der Waals surface area contributed by atoms with Crippen LogP contribution in [-0.2, 0) is 5.54 Å². The Morgan fingerprint density at radius 1 is 0.703 bits per heavy atom. The molecule has 1 aliphatic carbocycles. The third kappa shape index (κ3) is 1.90. The van der Waals surface area contributed by atoms with Crippen LogP contribution in [-0.4, -0.2) is 0 Å². The number of thiophene rings is 1. The largest absolute Gasteiger partial charge is 0.445 e. The van der Waals surface area contributed by atoms with E-state index >= 15 is 0 Å². The van der Waals surface area contributed by atoms with Gasteiger partial charge < -0.3 is 14.1 Å². The highest BCUT2D eigenvalue weighted by atomic mass is 32.1. The van der Waals surface area contributed by atoms with Crippen LogP contribution in [0.25, 0.3) is 31.3 Å². The Balaban J connectivity index is 1.54. The van der Waals surface area contributed by atoms with Crippen molar-refractivity contribution < 1.29 is 13.7 Å². The predicted molar refractivity (Wildman–Crippen MR) is 146 cm³/mol. The number of benzene rings is 4. The molecule has 1 atom stereocenters. The van der Waals surface area contributed by atoms with Crippen molar-refractivity contribution in [1.29, 1.82) is 0 Å². The molecule has 0 unspecified atom stereocenters. The van der Waals surface area contributed by atoms with E-state index in [4.69, 9.17) is 9.15 Å². The molecule has 0 saturated carbocycles. The summed E-state index contributed by atoms with van der Waals surface area (Å²) in [5.41, 5.74) is 7.53. The van der Waals surface area contributed by atoms with Crippen molar-refractivity contribution in [2.24, 2.45) is 0 Å². The number of furan rings is 1. The molecule has 0 amide bonds. The van der Waals surface area contributed by atoms with E-state index in [-0.39, 0.29) is 0 Å². The third-order valence-electron chi connectivity index (χ3n) is 8.30. The van der Waals surface area contributed by atoms with Gasteiger partial charge in [-0.2, -0.15) is 0 Å². The lowest BCUT2D eigenvalue weighted by Crippen LogP contribution is -2.62. The standard InChI is InChI=1S/C32H17N2O2S/c1-2-8-18(9-3-1)34-20-11-5-4-10-19(20)32-29-21(34)13-14-22-26(29)28-27-24(37-31(28)36-22)16-15-23(30(27)32)35-25-12-6-7-17-33(25)32/h1-17H/q+1/t32-/m1/s1. The lowest BCUT2D eigenvalue weighted by atomic mass is 9.67. The van der Waals surface area contributed by atoms with Crippen molar-refractivity contribution in [3.05, 3.63) is 120 Å². The summed E-state index contributed by atoms with van der Waals surface area (Å²) in [7, 11) is 0. The van der Waals surface area contributed by atoms with Gasteiger partial charge in [0.2, 0.25) is 0 Å². The summed E-state index contributed by atoms with van der Waals surface area (Å²) in [6.07, 6.45) is 2.17. The Morgan fingerprint density at radius 2 is 1.57 bits per heavy atom. The van der Waals surface area contributed by atoms with E-state index in [0.717, 1.165) is 27.8 Å². The predicted octanol–water partition coefficient (Wildman–Crippen LogP) is 8.13. The quantitative estimate of drug-likeness (QED) is 0.216. The second-order valence-electron chi connectivity index (χ2n) is 9.92. The zero-order valence-corrected chi connectivity index (χ0v) is 20.3. The molecule has 172 valence electrons. The highest BCUT2D eigenvalue weighted by Gasteiger charge is 2.61. The molecular formula is C32H17N2O2S+. The van der Waals surface area contributed by atoms with E-state index in [0.29, 0.717) is 0 Å². The number of hydrogen-bond donors (Lipinski definition) is 0. The van der Waals surface area contributed by atoms with E-state index in [1.807, 2.05) is 6.07 Å². The molecule has 37 heavy (non-hydrogen) atoms. The Kier molecular flexibility index (Phi) is 3.03. The summed E-state index contributed by atoms with van der Waals surface area (Å²) in [5, 5.41) is 3.68. The first-order valence-corrected chi connectivity index (χ1v) is 13.3. The van der Waals surface area contributed by atoms with Gasteiger partial charge in [-0.3, -0.25) is 0 Å². The van der Waals surface area contributed by atoms with Gasteiger partial charge in [0.05, 0.1) is 34.1 Å². The van der Waals surface area contributed by atoms with Crippen LogP contribution in [0, 0.1) is 0 Å². The lowest BCUT2D eigenvalue weighted by Gasteiger charge is -2.45. The van der Waals surface area contributed by atoms with Gasteiger partial charge in [0, 0.05) is 32.6 Å². The van der Waals surface area contributed by atoms with Crippen molar-refractivity contribution in [3.8, 4) is 11.6 Å². The van der Waals surface area contributed by atoms with Crippen LogP contribution in [0.1, 0.15) is 16.7 Å². The first kappa shape index (κ1) is 18.6. The molecule has 5 heteroatoms. The van der Waals surface area contributed by atoms with Gasteiger partial charge in [0.15, 0.2) is 11.1 Å². The van der Waals surface area contributed by atoms with Crippen molar-refractivity contribution in [1.82, 2.24) is 0 Å². The number of ether oxygens (including phenoxy) is 1. The lowest BCUT2D eigenvalue weighted by molar-refractivity contribution is -0.740. The third-order valence-corrected chi connectivity index (χ3v) is 9.33. The minimum absolute atomic E-state index is 0.592. The number of nitrogens with zero attached hydrogens (tertiary/aromatic N) is 2. The zero-order valence-electron chi connectivity index (χ0n) is 19.4. The summed E-state index contributed by atoms with van der Waals surface area (Å²) in [5.74, 6) is 1.75. The summed E-state index contributed by atoms with van der Waals surface area (Å²) in [4.78, 5) is 3.39. The topological polar surface area (TPSA) is 29.5 Å². The Morgan fingerprint density at radius 3 is 2.51 bits per heavy atom. The smallest absolute Gasteiger partial charge is 0.374 e. The number of rotatable bonds is 1. The Bertz CT molecular complexity index is 2140. The average molecular weight is 494 g/mol. The van der Waals surface area contributed by atoms with Crippen molar-refractivity contribution in [2.75, 3.05) is 4.90 Å². The van der Waals surface area contributed by atoms with Gasteiger partial charge >= 0.3 is 5.88 Å². The SMILES string of the molecule is c1ccc(N2c3ccccc3[C@@]34c5c2ccc2oc6sc7ccc(c3c7c6c52)Oc2cccc[n+]24)cc1. The van der Waals surface area contributed by atoms with E-state index in [2.05, 4.69) is 107 Å². The molecule has 5 heterocycles. The van der Waals surface area contributed by atoms with Crippen molar-refractivity contribution >= 4 is 59.7 Å². The van der Waals surface area contributed by atoms with Crippen LogP contribution in [0.4, 0.5) is 17.1 Å². The monoisotopic (exact) mass is 493 g/mol. The van der Waals surface area contributed by atoms with E-state index < -0.39 is 5.54 Å². The fourth-order valence-corrected chi connectivity index (χ4v) is 8.16. The highest BCUT2D eigenvalue weighted by Crippen LogP contribution is 2.64. The van der Waals surface area contributed by atoms with Gasteiger partial charge in [-0.15, -0.1) is 4.57 Å². The number of pyridine rings is 1. The van der Waals surface area contributed by atoms with E-state index in [1.165, 1.54) is 48.9 Å². The molecule has 3 aliphatic rings. The number of para-hydroxylation sites is 2. The minimum Gasteiger partial charge on any atom is -0.445 e. The van der Waals surface area contributed by atoms with Crippen LogP contribution < -0.4 is 14.2 Å². The molecule has 4 nitrogen and oxygen atoms in total. The molecule has 1 spiro atoms. The summed E-state index contributed by atoms with van der Waals surface area (Å²) < 4.78 is 16.7.